The number of fused-ring (bicyclic) bond motifs is 2. The molecule has 2 saturated heterocycles. The van der Waals surface area contributed by atoms with E-state index in [0.29, 0.717) is 0 Å². The Labute approximate surface area is 253 Å². The second kappa shape index (κ2) is 12.4. The number of alkyl halides is 2. The number of nitrogens with zero attached hydrogens (tertiary/aromatic N) is 8. The van der Waals surface area contributed by atoms with Gasteiger partial charge in [0.15, 0.2) is 29.1 Å². The second-order valence-corrected chi connectivity index (χ2v) is 13.1. The molecule has 10 atom stereocenters. The largest absolute Gasteiger partial charge is 0.382 e. The van der Waals surface area contributed by atoms with Crippen LogP contribution >= 0.6 is 15.9 Å². The van der Waals surface area contributed by atoms with Crippen LogP contribution in [0.1, 0.15) is 12.5 Å². The third-order valence-electron chi connectivity index (χ3n) is 7.44. The zero-order valence-electron chi connectivity index (χ0n) is 23.4. The summed E-state index contributed by atoms with van der Waals surface area (Å²) in [5.74, 6) is -1.98. The summed E-state index contributed by atoms with van der Waals surface area (Å²) in [5.41, 5.74) is 12.7. The van der Waals surface area contributed by atoms with E-state index < -0.39 is 78.1 Å². The Morgan fingerprint density at radius 1 is 1.00 bits per heavy atom. The average molecular weight is 672 g/mol. The van der Waals surface area contributed by atoms with Crippen molar-refractivity contribution >= 4 is 49.8 Å². The van der Waals surface area contributed by atoms with E-state index in [2.05, 4.69) is 36.5 Å². The molecule has 4 aromatic heterocycles. The first-order valence-corrected chi connectivity index (χ1v) is 16.6. The van der Waals surface area contributed by atoms with E-state index >= 15 is 8.78 Å². The number of rotatable bonds is 11. The molecular weight excluding hydrogens is 644 g/mol. The minimum absolute atomic E-state index is 0.0691. The summed E-state index contributed by atoms with van der Waals surface area (Å²) in [6.07, 6.45) is -2.52. The van der Waals surface area contributed by atoms with Crippen molar-refractivity contribution in [1.29, 1.82) is 0 Å². The van der Waals surface area contributed by atoms with Crippen LogP contribution in [0.25, 0.3) is 22.3 Å². The molecule has 0 spiro atoms. The first kappa shape index (κ1) is 31.5. The van der Waals surface area contributed by atoms with Crippen LogP contribution in [0.5, 0.6) is 0 Å². The fourth-order valence-electron chi connectivity index (χ4n) is 5.29. The molecule has 6 heterocycles. The first-order chi connectivity index (χ1) is 21.5. The molecule has 0 aliphatic carbocycles. The molecule has 5 N–H and O–H groups in total. The summed E-state index contributed by atoms with van der Waals surface area (Å²) in [6, 6.07) is 0. The number of halogens is 2. The topological polar surface area (TPSA) is 240 Å². The smallest absolute Gasteiger partial charge is 0.330 e. The highest BCUT2D eigenvalue weighted by Gasteiger charge is 2.50. The fraction of sp³-hybridized carbons (Fsp3) is 0.478. The SMILES string of the molecule is C=C[C@@H]1[C@H](F)[C@@H](OP(C)(=O)OC[C@@H]2[C@H](F)[C@@H](CO[PH](=O)O)O[C@H]2n2cnc3c(N)ncnc32)O[C@H]1n1cnc2c(N)ncnc21. The highest BCUT2D eigenvalue weighted by molar-refractivity contribution is 7.53. The van der Waals surface area contributed by atoms with Crippen LogP contribution < -0.4 is 11.5 Å². The van der Waals surface area contributed by atoms with Gasteiger partial charge in [0.25, 0.3) is 0 Å². The summed E-state index contributed by atoms with van der Waals surface area (Å²) < 4.78 is 86.1. The monoisotopic (exact) mass is 672 g/mol. The maximum atomic E-state index is 15.7. The van der Waals surface area contributed by atoms with E-state index in [-0.39, 0.29) is 34.0 Å². The molecule has 18 nitrogen and oxygen atoms in total. The molecular formula is C23H28F2N10O8P2. The minimum Gasteiger partial charge on any atom is -0.382 e. The molecule has 2 aliphatic heterocycles. The molecule has 2 unspecified atom stereocenters. The summed E-state index contributed by atoms with van der Waals surface area (Å²) in [6.45, 7) is 3.64. The van der Waals surface area contributed by atoms with E-state index in [1.165, 1.54) is 40.5 Å². The highest BCUT2D eigenvalue weighted by atomic mass is 31.2. The number of nitrogen functional groups attached to an aromatic ring is 2. The molecule has 0 bridgehead atoms. The van der Waals surface area contributed by atoms with Gasteiger partial charge in [0.1, 0.15) is 48.4 Å². The van der Waals surface area contributed by atoms with Gasteiger partial charge in [-0.15, -0.1) is 6.58 Å². The van der Waals surface area contributed by atoms with Crippen LogP contribution in [0.3, 0.4) is 0 Å². The molecule has 22 heteroatoms. The van der Waals surface area contributed by atoms with Crippen LogP contribution in [-0.2, 0) is 32.2 Å². The lowest BCUT2D eigenvalue weighted by atomic mass is 10.0. The van der Waals surface area contributed by atoms with Gasteiger partial charge in [0.05, 0.1) is 37.7 Å². The minimum atomic E-state index is -4.14. The Morgan fingerprint density at radius 2 is 1.60 bits per heavy atom. The standard InChI is InChI=1S/C23H28F2N10O8P2/c1-3-10-14(25)23(42-21(10)34-8-32-15-17(26)28-6-30-19(15)34)43-45(2,38)40-4-11-13(24)12(5-39-44(36)37)41-22(11)35-9-33-16-18(27)29-7-31-20(16)35/h3,6-14,21-23,44H,1,4-5H2,2H3,(H,36,37)(H2,26,28,30)(H2,27,29,31)/t10-,11-,12-,13+,14+,21-,22-,23-,45?/m1/s1. The predicted octanol–water partition coefficient (Wildman–Crippen LogP) is 1.93. The van der Waals surface area contributed by atoms with Crippen molar-refractivity contribution in [3.63, 3.8) is 0 Å². The van der Waals surface area contributed by atoms with Crippen LogP contribution in [0, 0.1) is 11.8 Å². The molecule has 4 aromatic rings. The number of ether oxygens (including phenoxy) is 2. The Hall–Kier alpha value is -3.48. The fourth-order valence-corrected chi connectivity index (χ4v) is 6.65. The lowest BCUT2D eigenvalue weighted by molar-refractivity contribution is -0.118. The third kappa shape index (κ3) is 5.95. The quantitative estimate of drug-likeness (QED) is 0.152. The van der Waals surface area contributed by atoms with E-state index in [4.69, 9.17) is 39.4 Å². The number of imidazole rings is 2. The number of hydrogen-bond acceptors (Lipinski definition) is 15. The Morgan fingerprint density at radius 3 is 2.18 bits per heavy atom. The Kier molecular flexibility index (Phi) is 8.66. The highest BCUT2D eigenvalue weighted by Crippen LogP contribution is 2.52. The van der Waals surface area contributed by atoms with Gasteiger partial charge in [0.2, 0.25) is 6.29 Å². The first-order valence-electron chi connectivity index (χ1n) is 13.3. The van der Waals surface area contributed by atoms with Crippen molar-refractivity contribution in [1.82, 2.24) is 39.0 Å². The Balaban J connectivity index is 1.20. The van der Waals surface area contributed by atoms with Gasteiger partial charge in [-0.1, -0.05) is 6.08 Å². The molecule has 0 amide bonds. The van der Waals surface area contributed by atoms with Crippen molar-refractivity contribution in [2.45, 2.75) is 37.2 Å². The lowest BCUT2D eigenvalue weighted by Crippen LogP contribution is -2.29. The van der Waals surface area contributed by atoms with Gasteiger partial charge < -0.3 is 34.9 Å². The van der Waals surface area contributed by atoms with Gasteiger partial charge in [-0.05, 0) is 0 Å². The molecule has 6 rings (SSSR count). The van der Waals surface area contributed by atoms with E-state index in [1.807, 2.05) is 0 Å². The summed E-state index contributed by atoms with van der Waals surface area (Å²) in [7, 11) is -7.53. The van der Waals surface area contributed by atoms with E-state index in [9.17, 15) is 9.13 Å². The van der Waals surface area contributed by atoms with Crippen LogP contribution in [0.2, 0.25) is 0 Å². The molecule has 45 heavy (non-hydrogen) atoms. The number of nitrogens with two attached hydrogens (primary N) is 2. The maximum Gasteiger partial charge on any atom is 0.330 e. The van der Waals surface area contributed by atoms with Crippen LogP contribution in [0.4, 0.5) is 20.4 Å². The van der Waals surface area contributed by atoms with Gasteiger partial charge in [0, 0.05) is 6.66 Å². The van der Waals surface area contributed by atoms with Gasteiger partial charge in [-0.3, -0.25) is 22.8 Å². The number of anilines is 2. The van der Waals surface area contributed by atoms with Gasteiger partial charge in [-0.2, -0.15) is 0 Å². The van der Waals surface area contributed by atoms with Crippen LogP contribution in [0.15, 0.2) is 38.0 Å². The summed E-state index contributed by atoms with van der Waals surface area (Å²) in [4.78, 5) is 33.5. The third-order valence-corrected chi connectivity index (χ3v) is 9.06. The van der Waals surface area contributed by atoms with Crippen molar-refractivity contribution in [2.75, 3.05) is 31.3 Å². The van der Waals surface area contributed by atoms with Gasteiger partial charge in [-0.25, -0.2) is 38.7 Å². The Bertz CT molecular complexity index is 1800. The van der Waals surface area contributed by atoms with Crippen molar-refractivity contribution < 1.29 is 45.8 Å². The normalized spacial score (nSPS) is 30.6. The molecule has 0 radical (unpaired) electrons. The molecule has 242 valence electrons. The number of hydrogen-bond donors (Lipinski definition) is 3. The summed E-state index contributed by atoms with van der Waals surface area (Å²) >= 11 is 0. The van der Waals surface area contributed by atoms with E-state index in [1.54, 1.807) is 0 Å². The number of aromatic nitrogens is 8. The van der Waals surface area contributed by atoms with E-state index in [0.717, 1.165) is 6.66 Å². The van der Waals surface area contributed by atoms with Crippen molar-refractivity contribution in [3.8, 4) is 0 Å². The van der Waals surface area contributed by atoms with Crippen LogP contribution in [-0.4, -0.2) is 88.5 Å². The average Bonchev–Trinajstić information content (AvgIpc) is 3.75. The zero-order valence-corrected chi connectivity index (χ0v) is 25.3. The van der Waals surface area contributed by atoms with Crippen molar-refractivity contribution in [2.24, 2.45) is 11.8 Å². The van der Waals surface area contributed by atoms with Crippen molar-refractivity contribution in [3.05, 3.63) is 38.0 Å². The summed E-state index contributed by atoms with van der Waals surface area (Å²) in [5, 5.41) is 0. The lowest BCUT2D eigenvalue weighted by Gasteiger charge is -2.24. The van der Waals surface area contributed by atoms with Gasteiger partial charge >= 0.3 is 15.9 Å². The maximum absolute atomic E-state index is 15.7. The molecule has 2 aliphatic rings. The zero-order chi connectivity index (χ0) is 32.0. The molecule has 0 saturated carbocycles. The second-order valence-electron chi connectivity index (χ2n) is 10.2. The predicted molar refractivity (Wildman–Crippen MR) is 152 cm³/mol. The molecule has 2 fully saturated rings. The molecule has 0 aromatic carbocycles.